The van der Waals surface area contributed by atoms with Gasteiger partial charge in [-0.1, -0.05) is 69.2 Å². The monoisotopic (exact) mass is 587 g/mol. The summed E-state index contributed by atoms with van der Waals surface area (Å²) in [5.74, 6) is -1.39. The molecule has 1 aromatic carbocycles. The van der Waals surface area contributed by atoms with Crippen LogP contribution in [0.1, 0.15) is 64.9 Å². The fourth-order valence-corrected chi connectivity index (χ4v) is 6.39. The van der Waals surface area contributed by atoms with E-state index in [-0.39, 0.29) is 12.3 Å². The molecule has 0 spiro atoms. The zero-order valence-corrected chi connectivity index (χ0v) is 26.3. The zero-order chi connectivity index (χ0) is 30.6. The molecule has 0 radical (unpaired) electrons. The van der Waals surface area contributed by atoms with Crippen molar-refractivity contribution in [3.63, 3.8) is 0 Å². The topological polar surface area (TPSA) is 117 Å². The van der Waals surface area contributed by atoms with Crippen LogP contribution in [0.25, 0.3) is 10.9 Å². The molecular weight excluding hydrogens is 537 g/mol. The summed E-state index contributed by atoms with van der Waals surface area (Å²) in [4.78, 5) is 19.0. The van der Waals surface area contributed by atoms with Gasteiger partial charge in [-0.3, -0.25) is 14.9 Å². The van der Waals surface area contributed by atoms with Crippen LogP contribution in [-0.2, 0) is 15.8 Å². The number of carbonyl (C=O) groups excluding carboxylic acids is 1. The number of phenolic OH excluding ortho intramolecular Hbond substituents is 1. The summed E-state index contributed by atoms with van der Waals surface area (Å²) in [7, 11) is -2.92. The molecule has 1 heterocycles. The number of fused-ring (bicyclic) bond motifs is 1. The number of hydrogen-bond acceptors (Lipinski definition) is 6. The van der Waals surface area contributed by atoms with E-state index in [1.807, 2.05) is 43.0 Å². The maximum atomic E-state index is 13.8. The molecule has 8 nitrogen and oxygen atoms in total. The Morgan fingerprint density at radius 1 is 1.15 bits per heavy atom. The second-order valence-electron chi connectivity index (χ2n) is 11.2. The van der Waals surface area contributed by atoms with Crippen LogP contribution < -0.4 is 0 Å². The number of aliphatic hydroxyl groups excluding tert-OH is 1. The van der Waals surface area contributed by atoms with E-state index in [0.717, 1.165) is 41.0 Å². The summed E-state index contributed by atoms with van der Waals surface area (Å²) < 4.78 is 13.1. The van der Waals surface area contributed by atoms with Gasteiger partial charge in [-0.2, -0.15) is 0 Å². The van der Waals surface area contributed by atoms with Gasteiger partial charge < -0.3 is 19.8 Å². The van der Waals surface area contributed by atoms with E-state index in [4.69, 9.17) is 0 Å². The Morgan fingerprint density at radius 2 is 1.88 bits per heavy atom. The zero-order valence-electron chi connectivity index (χ0n) is 25.4. The van der Waals surface area contributed by atoms with Gasteiger partial charge >= 0.3 is 0 Å². The Morgan fingerprint density at radius 3 is 2.51 bits per heavy atom. The van der Waals surface area contributed by atoms with Crippen molar-refractivity contribution < 1.29 is 24.8 Å². The minimum absolute atomic E-state index is 0.0491. The van der Waals surface area contributed by atoms with Gasteiger partial charge in [-0.15, -0.1) is 0 Å². The molecule has 0 aliphatic carbocycles. The van der Waals surface area contributed by atoms with Crippen LogP contribution in [0.2, 0.25) is 0 Å². The maximum absolute atomic E-state index is 13.8. The number of allylic oxidation sites excluding steroid dienone is 5. The van der Waals surface area contributed by atoms with Gasteiger partial charge in [0.25, 0.3) is 5.91 Å². The first-order valence-corrected chi connectivity index (χ1v) is 17.3. The number of nitrogens with zero attached hydrogens (tertiary/aromatic N) is 2. The third-order valence-electron chi connectivity index (χ3n) is 7.48. The highest BCUT2D eigenvalue weighted by Gasteiger charge is 2.39. The molecule has 2 rings (SSSR count). The molecule has 0 aliphatic heterocycles. The SMILES string of the molecule is C=C/C=C\C=C(/C)CCC(C(O)P(C)(C)=O)N(CCC)C(CCCC)C(=O)N(O)CCc1c[nH]c2cccc(O)c12. The third-order valence-corrected chi connectivity index (χ3v) is 9.10. The number of hydrogen-bond donors (Lipinski definition) is 4. The lowest BCUT2D eigenvalue weighted by molar-refractivity contribution is -0.173. The third kappa shape index (κ3) is 10.00. The molecule has 228 valence electrons. The molecule has 1 amide bonds. The second-order valence-corrected chi connectivity index (χ2v) is 14.6. The predicted molar refractivity (Wildman–Crippen MR) is 169 cm³/mol. The van der Waals surface area contributed by atoms with Crippen LogP contribution in [0.15, 0.2) is 60.9 Å². The second kappa shape index (κ2) is 16.7. The minimum Gasteiger partial charge on any atom is -0.507 e. The van der Waals surface area contributed by atoms with Crippen LogP contribution in [-0.4, -0.2) is 80.6 Å². The normalized spacial score (nSPS) is 15.0. The summed E-state index contributed by atoms with van der Waals surface area (Å²) in [6.07, 6.45) is 13.6. The molecule has 0 aliphatic rings. The number of hydroxylamine groups is 2. The lowest BCUT2D eigenvalue weighted by Crippen LogP contribution is -2.55. The van der Waals surface area contributed by atoms with Crippen molar-refractivity contribution in [3.05, 3.63) is 66.4 Å². The van der Waals surface area contributed by atoms with E-state index >= 15 is 0 Å². The standard InChI is InChI=1S/C32H50N3O5P/c1-7-10-12-14-24(4)18-19-28(32(38)41(5,6)40)34(21-9-3)27(16-11-8-2)31(37)35(39)22-20-25-23-33-26-15-13-17-29(36)30(25)26/h7,10,12-15,17,23,27-28,32-33,36,38-39H,1,8-9,11,16,18-22H2,2-6H3/b12-10-,24-14+. The number of amides is 1. The largest absolute Gasteiger partial charge is 0.507 e. The Labute approximate surface area is 245 Å². The molecule has 0 bridgehead atoms. The van der Waals surface area contributed by atoms with Crippen molar-refractivity contribution in [2.24, 2.45) is 0 Å². The molecule has 3 unspecified atom stereocenters. The van der Waals surface area contributed by atoms with E-state index in [1.165, 1.54) is 0 Å². The summed E-state index contributed by atoms with van der Waals surface area (Å²) in [6, 6.07) is 4.04. The van der Waals surface area contributed by atoms with E-state index in [0.29, 0.717) is 37.6 Å². The summed E-state index contributed by atoms with van der Waals surface area (Å²) in [5.41, 5.74) is 2.69. The number of aromatic amines is 1. The number of rotatable bonds is 18. The van der Waals surface area contributed by atoms with Crippen molar-refractivity contribution >= 4 is 24.0 Å². The maximum Gasteiger partial charge on any atom is 0.263 e. The number of unbranched alkanes of at least 4 members (excludes halogenated alkanes) is 1. The van der Waals surface area contributed by atoms with Crippen molar-refractivity contribution in [2.45, 2.75) is 83.6 Å². The predicted octanol–water partition coefficient (Wildman–Crippen LogP) is 6.68. The smallest absolute Gasteiger partial charge is 0.263 e. The number of benzene rings is 1. The molecule has 2 aromatic rings. The highest BCUT2D eigenvalue weighted by Crippen LogP contribution is 2.45. The molecule has 1 aromatic heterocycles. The van der Waals surface area contributed by atoms with Crippen LogP contribution in [0.5, 0.6) is 5.75 Å². The molecule has 0 saturated heterocycles. The number of nitrogens with one attached hydrogen (secondary N) is 1. The quantitative estimate of drug-likeness (QED) is 0.0669. The Kier molecular flexibility index (Phi) is 14.1. The summed E-state index contributed by atoms with van der Waals surface area (Å²) in [6.45, 7) is 13.5. The van der Waals surface area contributed by atoms with Crippen molar-refractivity contribution in [3.8, 4) is 5.75 Å². The van der Waals surface area contributed by atoms with Crippen molar-refractivity contribution in [1.29, 1.82) is 0 Å². The Bertz CT molecular complexity index is 1230. The van der Waals surface area contributed by atoms with Gasteiger partial charge in [0.1, 0.15) is 18.7 Å². The number of phenols is 1. The first-order chi connectivity index (χ1) is 19.5. The van der Waals surface area contributed by atoms with E-state index in [1.54, 1.807) is 37.7 Å². The van der Waals surface area contributed by atoms with Gasteiger partial charge in [0, 0.05) is 23.1 Å². The Hall–Kier alpha value is -2.64. The fraction of sp³-hybridized carbons (Fsp3) is 0.531. The number of aliphatic hydroxyl groups is 1. The molecule has 0 fully saturated rings. The minimum atomic E-state index is -2.92. The fourth-order valence-electron chi connectivity index (χ4n) is 5.24. The average molecular weight is 588 g/mol. The molecule has 0 saturated carbocycles. The van der Waals surface area contributed by atoms with Gasteiger partial charge in [-0.05, 0) is 76.6 Å². The molecule has 41 heavy (non-hydrogen) atoms. The van der Waals surface area contributed by atoms with Crippen molar-refractivity contribution in [1.82, 2.24) is 14.9 Å². The molecule has 4 N–H and O–H groups in total. The summed E-state index contributed by atoms with van der Waals surface area (Å²) >= 11 is 0. The molecule has 9 heteroatoms. The lowest BCUT2D eigenvalue weighted by atomic mass is 9.99. The van der Waals surface area contributed by atoms with Crippen LogP contribution >= 0.6 is 7.14 Å². The lowest BCUT2D eigenvalue weighted by Gasteiger charge is -2.41. The van der Waals surface area contributed by atoms with Crippen LogP contribution in [0.4, 0.5) is 0 Å². The number of H-pyrrole nitrogens is 1. The summed E-state index contributed by atoms with van der Waals surface area (Å²) in [5, 5.41) is 34.1. The van der Waals surface area contributed by atoms with E-state index < -0.39 is 31.0 Å². The van der Waals surface area contributed by atoms with Crippen LogP contribution in [0, 0.1) is 0 Å². The highest BCUT2D eigenvalue weighted by molar-refractivity contribution is 7.62. The van der Waals surface area contributed by atoms with Gasteiger partial charge in [0.2, 0.25) is 0 Å². The number of aromatic hydroxyl groups is 1. The van der Waals surface area contributed by atoms with Crippen molar-refractivity contribution in [2.75, 3.05) is 26.4 Å². The van der Waals surface area contributed by atoms with E-state index in [2.05, 4.69) is 18.5 Å². The van der Waals surface area contributed by atoms with E-state index in [9.17, 15) is 24.8 Å². The first-order valence-electron chi connectivity index (χ1n) is 14.7. The van der Waals surface area contributed by atoms with Gasteiger partial charge in [0.05, 0.1) is 12.6 Å². The number of carbonyl (C=O) groups is 1. The Balaban J connectivity index is 2.35. The highest BCUT2D eigenvalue weighted by atomic mass is 31.2. The molecule has 3 atom stereocenters. The van der Waals surface area contributed by atoms with Crippen LogP contribution in [0.3, 0.4) is 0 Å². The molecular formula is C32H50N3O5P. The van der Waals surface area contributed by atoms with Gasteiger partial charge in [-0.25, -0.2) is 5.06 Å². The van der Waals surface area contributed by atoms with Gasteiger partial charge in [0.15, 0.2) is 0 Å². The number of aromatic nitrogens is 1. The average Bonchev–Trinajstić information content (AvgIpc) is 3.35. The first kappa shape index (κ1) is 34.6.